The van der Waals surface area contributed by atoms with Crippen LogP contribution in [0.25, 0.3) is 0 Å². The number of hydrogen-bond acceptors (Lipinski definition) is 6. The Hall–Kier alpha value is -2.17. The number of carbonyl (C=O) groups is 4. The second-order valence-corrected chi connectivity index (χ2v) is 13.6. The number of hydrogen-bond donors (Lipinski definition) is 5. The summed E-state index contributed by atoms with van der Waals surface area (Å²) < 4.78 is 5.30. The van der Waals surface area contributed by atoms with Crippen LogP contribution >= 0.6 is 11.8 Å². The molecule has 0 spiro atoms. The van der Waals surface area contributed by atoms with Gasteiger partial charge in [0.2, 0.25) is 11.8 Å². The van der Waals surface area contributed by atoms with E-state index >= 15 is 0 Å². The van der Waals surface area contributed by atoms with Gasteiger partial charge in [0.15, 0.2) is 0 Å². The third kappa shape index (κ3) is 11.7. The summed E-state index contributed by atoms with van der Waals surface area (Å²) in [6.45, 7) is 12.3. The molecule has 0 aromatic rings. The van der Waals surface area contributed by atoms with Crippen LogP contribution in [0.3, 0.4) is 0 Å². The van der Waals surface area contributed by atoms with E-state index in [4.69, 9.17) is 4.74 Å². The van der Waals surface area contributed by atoms with Gasteiger partial charge in [-0.3, -0.25) is 9.59 Å². The van der Waals surface area contributed by atoms with Gasteiger partial charge in [-0.25, -0.2) is 9.59 Å². The molecule has 4 atom stereocenters. The topological polar surface area (TPSA) is 138 Å². The lowest BCUT2D eigenvalue weighted by Gasteiger charge is -2.31. The van der Waals surface area contributed by atoms with Crippen LogP contribution in [0.15, 0.2) is 0 Å². The minimum absolute atomic E-state index is 0.0591. The Labute approximate surface area is 232 Å². The van der Waals surface area contributed by atoms with Gasteiger partial charge in [-0.05, 0) is 51.9 Å². The smallest absolute Gasteiger partial charge is 0.408 e. The molecule has 2 aliphatic heterocycles. The van der Waals surface area contributed by atoms with Crippen LogP contribution in [0.2, 0.25) is 0 Å². The number of alkyl carbamates (subject to hydrolysis) is 1. The highest BCUT2D eigenvalue weighted by Crippen LogP contribution is 2.33. The Kier molecular flexibility index (Phi) is 12.5. The second kappa shape index (κ2) is 14.8. The lowest BCUT2D eigenvalue weighted by atomic mass is 9.86. The van der Waals surface area contributed by atoms with Crippen LogP contribution in [0.5, 0.6) is 0 Å². The van der Waals surface area contributed by atoms with Crippen molar-refractivity contribution >= 4 is 35.7 Å². The number of nitrogens with one attached hydrogen (secondary N) is 5. The fourth-order valence-corrected chi connectivity index (χ4v) is 6.15. The van der Waals surface area contributed by atoms with E-state index in [1.807, 2.05) is 32.5 Å². The molecule has 38 heavy (non-hydrogen) atoms. The molecule has 11 heteroatoms. The maximum atomic E-state index is 12.7. The Morgan fingerprint density at radius 3 is 2.24 bits per heavy atom. The SMILES string of the molecule is CC(C)(C)OC(=O)N[C@H](C(=O)NCCCCCCNC(=O)CCCC[C@@H]1SC[C@@H]2NC(=O)N[C@@H]21)C(C)(C)C. The molecule has 0 bridgehead atoms. The molecule has 2 fully saturated rings. The molecule has 218 valence electrons. The van der Waals surface area contributed by atoms with Gasteiger partial charge in [-0.2, -0.15) is 11.8 Å². The molecule has 0 saturated carbocycles. The van der Waals surface area contributed by atoms with Gasteiger partial charge in [0.05, 0.1) is 12.1 Å². The van der Waals surface area contributed by atoms with Crippen molar-refractivity contribution in [1.82, 2.24) is 26.6 Å². The van der Waals surface area contributed by atoms with Crippen molar-refractivity contribution in [1.29, 1.82) is 0 Å². The van der Waals surface area contributed by atoms with E-state index in [0.29, 0.717) is 24.8 Å². The third-order valence-electron chi connectivity index (χ3n) is 6.59. The first kappa shape index (κ1) is 32.0. The lowest BCUT2D eigenvalue weighted by Crippen LogP contribution is -2.54. The predicted octanol–water partition coefficient (Wildman–Crippen LogP) is 3.44. The fourth-order valence-electron chi connectivity index (χ4n) is 4.61. The standard InChI is InChI=1S/C27H49N5O5S/c1-26(2,3)22(32-25(36)37-27(4,5)6)23(34)29-16-12-8-7-11-15-28-20(33)14-10-9-13-19-21-18(17-38-19)30-24(35)31-21/h18-19,21-22H,7-17H2,1-6H3,(H,28,33)(H,29,34)(H,32,36)(H2,30,31,35)/t18-,19-,21-,22+/m0/s1. The van der Waals surface area contributed by atoms with Crippen molar-refractivity contribution in [2.45, 2.75) is 122 Å². The number of ether oxygens (including phenoxy) is 1. The Morgan fingerprint density at radius 2 is 1.61 bits per heavy atom. The number of carbonyl (C=O) groups excluding carboxylic acids is 4. The van der Waals surface area contributed by atoms with Crippen LogP contribution in [0, 0.1) is 5.41 Å². The third-order valence-corrected chi connectivity index (χ3v) is 8.10. The number of amides is 5. The highest BCUT2D eigenvalue weighted by Gasteiger charge is 2.42. The fraction of sp³-hybridized carbons (Fsp3) is 0.852. The maximum absolute atomic E-state index is 12.7. The summed E-state index contributed by atoms with van der Waals surface area (Å²) in [5, 5.41) is 15.0. The maximum Gasteiger partial charge on any atom is 0.408 e. The Balaban J connectivity index is 1.48. The first-order valence-corrected chi connectivity index (χ1v) is 15.0. The van der Waals surface area contributed by atoms with Crippen LogP contribution in [-0.2, 0) is 14.3 Å². The molecule has 0 unspecified atom stereocenters. The Morgan fingerprint density at radius 1 is 0.947 bits per heavy atom. The summed E-state index contributed by atoms with van der Waals surface area (Å²) in [5.41, 5.74) is -1.08. The van der Waals surface area contributed by atoms with E-state index in [1.54, 1.807) is 20.8 Å². The molecule has 2 heterocycles. The van der Waals surface area contributed by atoms with Crippen LogP contribution in [-0.4, -0.2) is 71.8 Å². The summed E-state index contributed by atoms with van der Waals surface area (Å²) >= 11 is 1.91. The molecule has 2 aliphatic rings. The monoisotopic (exact) mass is 555 g/mol. The van der Waals surface area contributed by atoms with Crippen molar-refractivity contribution in [3.05, 3.63) is 0 Å². The quantitative estimate of drug-likeness (QED) is 0.164. The van der Waals surface area contributed by atoms with E-state index in [9.17, 15) is 19.2 Å². The molecule has 2 saturated heterocycles. The minimum Gasteiger partial charge on any atom is -0.444 e. The van der Waals surface area contributed by atoms with E-state index in [1.165, 1.54) is 0 Å². The summed E-state index contributed by atoms with van der Waals surface area (Å²) in [6.07, 6.45) is 6.45. The zero-order chi connectivity index (χ0) is 28.3. The molecular weight excluding hydrogens is 506 g/mol. The molecule has 10 nitrogen and oxygen atoms in total. The highest BCUT2D eigenvalue weighted by molar-refractivity contribution is 8.00. The molecule has 5 amide bonds. The van der Waals surface area contributed by atoms with E-state index < -0.39 is 23.2 Å². The van der Waals surface area contributed by atoms with Crippen LogP contribution in [0.1, 0.15) is 92.9 Å². The van der Waals surface area contributed by atoms with Gasteiger partial charge in [-0.15, -0.1) is 0 Å². The zero-order valence-corrected chi connectivity index (χ0v) is 24.9. The molecule has 5 N–H and O–H groups in total. The normalized spacial score (nSPS) is 21.6. The van der Waals surface area contributed by atoms with Crippen molar-refractivity contribution in [2.75, 3.05) is 18.8 Å². The van der Waals surface area contributed by atoms with Crippen LogP contribution < -0.4 is 26.6 Å². The molecule has 0 aromatic carbocycles. The summed E-state index contributed by atoms with van der Waals surface area (Å²) in [7, 11) is 0. The first-order valence-electron chi connectivity index (χ1n) is 14.0. The average molecular weight is 556 g/mol. The van der Waals surface area contributed by atoms with Gasteiger partial charge < -0.3 is 31.3 Å². The summed E-state index contributed by atoms with van der Waals surface area (Å²) in [5.74, 6) is 0.839. The Bertz CT molecular complexity index is 811. The van der Waals surface area contributed by atoms with E-state index in [0.717, 1.165) is 50.7 Å². The first-order chi connectivity index (χ1) is 17.8. The van der Waals surface area contributed by atoms with Crippen molar-refractivity contribution in [3.8, 4) is 0 Å². The zero-order valence-electron chi connectivity index (χ0n) is 24.0. The summed E-state index contributed by atoms with van der Waals surface area (Å²) in [6, 6.07) is -0.278. The molecule has 0 aromatic heterocycles. The number of urea groups is 1. The average Bonchev–Trinajstić information content (AvgIpc) is 3.34. The second-order valence-electron chi connectivity index (χ2n) is 12.4. The van der Waals surface area contributed by atoms with E-state index in [-0.39, 0.29) is 29.9 Å². The largest absolute Gasteiger partial charge is 0.444 e. The minimum atomic E-state index is -0.693. The van der Waals surface area contributed by atoms with Crippen molar-refractivity contribution < 1.29 is 23.9 Å². The van der Waals surface area contributed by atoms with Gasteiger partial charge in [0.25, 0.3) is 0 Å². The predicted molar refractivity (Wildman–Crippen MR) is 151 cm³/mol. The van der Waals surface area contributed by atoms with Gasteiger partial charge in [-0.1, -0.05) is 40.0 Å². The number of thioether (sulfide) groups is 1. The van der Waals surface area contributed by atoms with Crippen LogP contribution in [0.4, 0.5) is 9.59 Å². The van der Waals surface area contributed by atoms with E-state index in [2.05, 4.69) is 26.6 Å². The molecule has 2 rings (SSSR count). The number of unbranched alkanes of at least 4 members (excludes halogenated alkanes) is 4. The number of fused-ring (bicyclic) bond motifs is 1. The molecular formula is C27H49N5O5S. The highest BCUT2D eigenvalue weighted by atomic mass is 32.2. The van der Waals surface area contributed by atoms with Crippen molar-refractivity contribution in [3.63, 3.8) is 0 Å². The molecule has 0 aliphatic carbocycles. The van der Waals surface area contributed by atoms with Gasteiger partial charge in [0, 0.05) is 30.5 Å². The lowest BCUT2D eigenvalue weighted by molar-refractivity contribution is -0.125. The van der Waals surface area contributed by atoms with Crippen molar-refractivity contribution in [2.24, 2.45) is 5.41 Å². The van der Waals surface area contributed by atoms with Gasteiger partial charge in [0.1, 0.15) is 11.6 Å². The number of rotatable bonds is 14. The van der Waals surface area contributed by atoms with Gasteiger partial charge >= 0.3 is 12.1 Å². The summed E-state index contributed by atoms with van der Waals surface area (Å²) in [4.78, 5) is 48.4. The molecule has 0 radical (unpaired) electrons.